The summed E-state index contributed by atoms with van der Waals surface area (Å²) in [7, 11) is 0. The normalized spacial score (nSPS) is 16.8. The number of ether oxygens (including phenoxy) is 1. The van der Waals surface area contributed by atoms with Crippen LogP contribution in [-0.2, 0) is 22.7 Å². The second kappa shape index (κ2) is 9.05. The first-order chi connectivity index (χ1) is 17.8. The van der Waals surface area contributed by atoms with Crippen molar-refractivity contribution >= 4 is 39.4 Å². The summed E-state index contributed by atoms with van der Waals surface area (Å²) in [5, 5.41) is 14.7. The number of hydrogen-bond donors (Lipinski definition) is 2. The first-order valence-electron chi connectivity index (χ1n) is 12.2. The third kappa shape index (κ3) is 4.63. The van der Waals surface area contributed by atoms with E-state index in [1.165, 1.54) is 11.3 Å². The zero-order chi connectivity index (χ0) is 25.7. The highest BCUT2D eigenvalue weighted by Crippen LogP contribution is 2.34. The minimum atomic E-state index is -0.292. The van der Waals surface area contributed by atoms with E-state index in [-0.39, 0.29) is 17.2 Å². The maximum atomic E-state index is 13.2. The predicted octanol–water partition coefficient (Wildman–Crippen LogP) is 3.03. The monoisotopic (exact) mass is 520 g/mol. The van der Waals surface area contributed by atoms with E-state index in [2.05, 4.69) is 44.6 Å². The highest BCUT2D eigenvalue weighted by atomic mass is 32.1. The number of carbonyl (C=O) groups excluding carboxylic acids is 2. The van der Waals surface area contributed by atoms with Gasteiger partial charge in [0.05, 0.1) is 78.1 Å². The minimum Gasteiger partial charge on any atom is -0.373 e. The van der Waals surface area contributed by atoms with Crippen LogP contribution in [0.25, 0.3) is 15.3 Å². The number of amides is 2. The predicted molar refractivity (Wildman–Crippen MR) is 140 cm³/mol. The molecule has 4 aromatic rings. The van der Waals surface area contributed by atoms with E-state index in [1.54, 1.807) is 23.0 Å². The van der Waals surface area contributed by atoms with Crippen molar-refractivity contribution in [3.05, 3.63) is 47.8 Å². The molecule has 1 saturated heterocycles. The van der Waals surface area contributed by atoms with Crippen LogP contribution in [0.3, 0.4) is 0 Å². The van der Waals surface area contributed by atoms with Crippen LogP contribution >= 0.6 is 11.3 Å². The molecule has 0 aromatic carbocycles. The zero-order valence-electron chi connectivity index (χ0n) is 20.9. The Kier molecular flexibility index (Phi) is 5.81. The number of fused-ring (bicyclic) bond motifs is 2. The number of carbonyl (C=O) groups is 2. The Labute approximate surface area is 217 Å². The second-order valence-corrected chi connectivity index (χ2v) is 11.4. The molecule has 6 heterocycles. The summed E-state index contributed by atoms with van der Waals surface area (Å²) in [5.74, 6) is -0.393. The molecule has 11 nitrogen and oxygen atoms in total. The Morgan fingerprint density at radius 1 is 1.16 bits per heavy atom. The van der Waals surface area contributed by atoms with Gasteiger partial charge < -0.3 is 15.4 Å². The third-order valence-electron chi connectivity index (χ3n) is 6.63. The van der Waals surface area contributed by atoms with Crippen molar-refractivity contribution < 1.29 is 14.3 Å². The van der Waals surface area contributed by atoms with Crippen LogP contribution in [-0.4, -0.2) is 67.3 Å². The molecule has 0 radical (unpaired) electrons. The highest BCUT2D eigenvalue weighted by molar-refractivity contribution is 7.21. The smallest absolute Gasteiger partial charge is 0.260 e. The molecule has 0 atom stereocenters. The van der Waals surface area contributed by atoms with Gasteiger partial charge in [-0.3, -0.25) is 24.2 Å². The number of pyridine rings is 1. The maximum Gasteiger partial charge on any atom is 0.260 e. The Morgan fingerprint density at radius 3 is 2.81 bits per heavy atom. The van der Waals surface area contributed by atoms with Gasteiger partial charge in [-0.15, -0.1) is 11.3 Å². The van der Waals surface area contributed by atoms with E-state index in [4.69, 9.17) is 4.74 Å². The number of aromatic nitrogens is 5. The Hall–Kier alpha value is -3.61. The van der Waals surface area contributed by atoms with Gasteiger partial charge in [-0.25, -0.2) is 4.52 Å². The van der Waals surface area contributed by atoms with Gasteiger partial charge in [-0.05, 0) is 18.4 Å². The van der Waals surface area contributed by atoms with Gasteiger partial charge in [-0.2, -0.15) is 10.2 Å². The van der Waals surface area contributed by atoms with Crippen molar-refractivity contribution in [1.29, 1.82) is 0 Å². The molecule has 0 aliphatic carbocycles. The fraction of sp³-hybridized carbons (Fsp3) is 0.400. The van der Waals surface area contributed by atoms with Crippen LogP contribution in [0.2, 0.25) is 0 Å². The lowest BCUT2D eigenvalue weighted by atomic mass is 9.84. The quantitative estimate of drug-likeness (QED) is 0.401. The molecular weight excluding hydrogens is 492 g/mol. The van der Waals surface area contributed by atoms with E-state index in [1.807, 2.05) is 24.0 Å². The topological polar surface area (TPSA) is 119 Å². The highest BCUT2D eigenvalue weighted by Gasteiger charge is 2.34. The molecule has 0 spiro atoms. The van der Waals surface area contributed by atoms with Gasteiger partial charge in [0, 0.05) is 24.8 Å². The van der Waals surface area contributed by atoms with Crippen LogP contribution in [0.1, 0.15) is 35.6 Å². The molecule has 2 amide bonds. The van der Waals surface area contributed by atoms with E-state index in [0.29, 0.717) is 42.4 Å². The van der Waals surface area contributed by atoms with Crippen molar-refractivity contribution in [2.24, 2.45) is 5.41 Å². The number of likely N-dealkylation sites (tertiary alicyclic amines) is 1. The van der Waals surface area contributed by atoms with Gasteiger partial charge in [0.1, 0.15) is 4.83 Å². The molecular formula is C25H28N8O3S. The van der Waals surface area contributed by atoms with Crippen LogP contribution in [0, 0.1) is 12.3 Å². The summed E-state index contributed by atoms with van der Waals surface area (Å²) in [6.07, 6.45) is 6.91. The SMILES string of the molecule is Cc1ncc(NC(=O)CN2CC(C)(C)C2)cc1NC(=O)c1cnn2cc(-c3cnn4c3COCC4)sc12. The number of nitrogens with zero attached hydrogens (tertiary/aromatic N) is 6. The van der Waals surface area contributed by atoms with Gasteiger partial charge in [0.2, 0.25) is 5.91 Å². The van der Waals surface area contributed by atoms with Gasteiger partial charge in [0.25, 0.3) is 5.91 Å². The number of rotatable bonds is 6. The summed E-state index contributed by atoms with van der Waals surface area (Å²) in [6, 6.07) is 1.73. The summed E-state index contributed by atoms with van der Waals surface area (Å²) >= 11 is 1.48. The third-order valence-corrected chi connectivity index (χ3v) is 7.78. The van der Waals surface area contributed by atoms with Gasteiger partial charge >= 0.3 is 0 Å². The van der Waals surface area contributed by atoms with Crippen molar-refractivity contribution in [2.45, 2.75) is 33.9 Å². The van der Waals surface area contributed by atoms with Crippen molar-refractivity contribution in [1.82, 2.24) is 29.3 Å². The van der Waals surface area contributed by atoms with Crippen molar-refractivity contribution in [2.75, 3.05) is 36.9 Å². The van der Waals surface area contributed by atoms with Crippen LogP contribution in [0.15, 0.2) is 30.9 Å². The lowest BCUT2D eigenvalue weighted by molar-refractivity contribution is -0.120. The Bertz CT molecular complexity index is 1510. The molecule has 192 valence electrons. The van der Waals surface area contributed by atoms with Crippen LogP contribution in [0.5, 0.6) is 0 Å². The first-order valence-corrected chi connectivity index (χ1v) is 13.0. The van der Waals surface area contributed by atoms with E-state index in [9.17, 15) is 9.59 Å². The zero-order valence-corrected chi connectivity index (χ0v) is 21.8. The largest absolute Gasteiger partial charge is 0.373 e. The number of thiazole rings is 1. The Morgan fingerprint density at radius 2 is 2.00 bits per heavy atom. The molecule has 37 heavy (non-hydrogen) atoms. The van der Waals surface area contributed by atoms with E-state index >= 15 is 0 Å². The molecule has 4 aromatic heterocycles. The Balaban J connectivity index is 1.17. The summed E-state index contributed by atoms with van der Waals surface area (Å²) in [5.41, 5.74) is 4.47. The van der Waals surface area contributed by atoms with E-state index < -0.39 is 0 Å². The molecule has 2 N–H and O–H groups in total. The van der Waals surface area contributed by atoms with Crippen molar-refractivity contribution in [3.8, 4) is 10.4 Å². The minimum absolute atomic E-state index is 0.101. The molecule has 2 aliphatic heterocycles. The second-order valence-electron chi connectivity index (χ2n) is 10.4. The molecule has 2 aliphatic rings. The first kappa shape index (κ1) is 23.8. The number of nitrogens with one attached hydrogen (secondary N) is 2. The number of anilines is 2. The summed E-state index contributed by atoms with van der Waals surface area (Å²) in [4.78, 5) is 33.9. The van der Waals surface area contributed by atoms with Crippen molar-refractivity contribution in [3.63, 3.8) is 0 Å². The van der Waals surface area contributed by atoms with Gasteiger partial charge in [-0.1, -0.05) is 13.8 Å². The average molecular weight is 521 g/mol. The number of hydrogen-bond acceptors (Lipinski definition) is 8. The molecule has 0 saturated carbocycles. The van der Waals surface area contributed by atoms with Crippen LogP contribution < -0.4 is 10.6 Å². The molecule has 12 heteroatoms. The van der Waals surface area contributed by atoms with Gasteiger partial charge in [0.15, 0.2) is 0 Å². The fourth-order valence-electron chi connectivity index (χ4n) is 4.95. The average Bonchev–Trinajstić information content (AvgIpc) is 3.53. The lowest BCUT2D eigenvalue weighted by Gasteiger charge is -2.45. The lowest BCUT2D eigenvalue weighted by Crippen LogP contribution is -2.54. The molecule has 6 rings (SSSR count). The standard InChI is InChI=1S/C25H28N8O3S/c1-15-19(6-16(7-26-15)29-22(34)11-31-13-25(2,3)14-31)30-23(35)18-9-28-33-10-21(37-24(18)33)17-8-27-32-4-5-36-12-20(17)32/h6-10H,4-5,11-14H2,1-3H3,(H,29,34)(H,30,35). The number of aryl methyl sites for hydroxylation is 1. The van der Waals surface area contributed by atoms with E-state index in [0.717, 1.165) is 40.6 Å². The summed E-state index contributed by atoms with van der Waals surface area (Å²) in [6.45, 7) is 10.2. The van der Waals surface area contributed by atoms with Crippen LogP contribution in [0.4, 0.5) is 11.4 Å². The fourth-order valence-corrected chi connectivity index (χ4v) is 6.04. The maximum absolute atomic E-state index is 13.2. The molecule has 0 bridgehead atoms. The molecule has 1 fully saturated rings. The summed E-state index contributed by atoms with van der Waals surface area (Å²) < 4.78 is 9.27. The molecule has 0 unspecified atom stereocenters.